The first-order chi connectivity index (χ1) is 26.3. The molecule has 0 unspecified atom stereocenters. The molecule has 0 spiro atoms. The van der Waals surface area contributed by atoms with Crippen LogP contribution in [-0.2, 0) is 0 Å². The van der Waals surface area contributed by atoms with Crippen molar-refractivity contribution in [2.24, 2.45) is 0 Å². The van der Waals surface area contributed by atoms with Crippen LogP contribution < -0.4 is 0 Å². The van der Waals surface area contributed by atoms with E-state index in [1.54, 1.807) is 0 Å². The van der Waals surface area contributed by atoms with Gasteiger partial charge in [-0.15, -0.1) is 0 Å². The van der Waals surface area contributed by atoms with E-state index in [-0.39, 0.29) is 0 Å². The van der Waals surface area contributed by atoms with Crippen LogP contribution in [0.3, 0.4) is 0 Å². The van der Waals surface area contributed by atoms with Crippen LogP contribution in [0.25, 0.3) is 98.8 Å². The zero-order valence-electron chi connectivity index (χ0n) is 28.6. The first-order valence-electron chi connectivity index (χ1n) is 18.2. The molecule has 0 atom stereocenters. The molecule has 0 N–H and O–H groups in total. The molecule has 3 heterocycles. The minimum atomic E-state index is 1.17. The van der Waals surface area contributed by atoms with Crippen molar-refractivity contribution in [3.63, 3.8) is 0 Å². The summed E-state index contributed by atoms with van der Waals surface area (Å²) in [5.74, 6) is 0. The van der Waals surface area contributed by atoms with E-state index in [1.165, 1.54) is 109 Å². The maximum absolute atomic E-state index is 2.46. The maximum atomic E-state index is 2.46. The van der Waals surface area contributed by atoms with E-state index in [2.05, 4.69) is 191 Å². The summed E-state index contributed by atoms with van der Waals surface area (Å²) in [6, 6.07) is 67.2. The molecule has 1 aliphatic heterocycles. The molecule has 0 aliphatic carbocycles. The predicted molar refractivity (Wildman–Crippen MR) is 225 cm³/mol. The Morgan fingerprint density at radius 1 is 0.321 bits per heavy atom. The summed E-state index contributed by atoms with van der Waals surface area (Å²) in [6.45, 7) is 0. The number of para-hydroxylation sites is 2. The first kappa shape index (κ1) is 29.1. The van der Waals surface area contributed by atoms with E-state index >= 15 is 0 Å². The van der Waals surface area contributed by atoms with E-state index in [9.17, 15) is 0 Å². The minimum Gasteiger partial charge on any atom is -0.309 e. The van der Waals surface area contributed by atoms with Crippen molar-refractivity contribution >= 4 is 76.9 Å². The van der Waals surface area contributed by atoms with Crippen molar-refractivity contribution in [1.82, 2.24) is 9.13 Å². The summed E-state index contributed by atoms with van der Waals surface area (Å²) >= 11 is 1.89. The average molecular weight is 691 g/mol. The third kappa shape index (κ3) is 4.17. The normalized spacial score (nSPS) is 12.5. The fraction of sp³-hybridized carbons (Fsp3) is 0. The monoisotopic (exact) mass is 690 g/mol. The second-order valence-electron chi connectivity index (χ2n) is 14.1. The van der Waals surface area contributed by atoms with E-state index < -0.39 is 0 Å². The molecule has 11 aromatic rings. The Hall–Kier alpha value is -6.55. The Balaban J connectivity index is 1.15. The summed E-state index contributed by atoms with van der Waals surface area (Å²) in [5, 5.41) is 10.3. The van der Waals surface area contributed by atoms with Crippen molar-refractivity contribution in [3.8, 4) is 33.6 Å². The molecule has 0 bridgehead atoms. The predicted octanol–water partition coefficient (Wildman–Crippen LogP) is 14.0. The Labute approximate surface area is 310 Å². The summed E-state index contributed by atoms with van der Waals surface area (Å²) in [4.78, 5) is 2.64. The molecular formula is C50H30N2S. The van der Waals surface area contributed by atoms with E-state index in [0.29, 0.717) is 0 Å². The topological polar surface area (TPSA) is 9.86 Å². The van der Waals surface area contributed by atoms with Crippen LogP contribution in [0.15, 0.2) is 192 Å². The second-order valence-corrected chi connectivity index (χ2v) is 15.2. The Morgan fingerprint density at radius 3 is 1.66 bits per heavy atom. The smallest absolute Gasteiger partial charge is 0.0553 e. The van der Waals surface area contributed by atoms with Crippen molar-refractivity contribution in [2.45, 2.75) is 9.79 Å². The molecular weight excluding hydrogens is 661 g/mol. The molecule has 246 valence electrons. The number of hydrogen-bond acceptors (Lipinski definition) is 1. The summed E-state index contributed by atoms with van der Waals surface area (Å²) in [7, 11) is 0. The molecule has 2 aromatic heterocycles. The number of benzene rings is 9. The standard InChI is InChI=1S/C50H30N2S/c1-3-14-35(15-4-1)51-43-24-22-33(27-39(43)40-26-31-12-7-8-13-32(31)29-45(40)51)34-23-25-44-42(28-34)49-38-19-11-21-48-50(38)41(37-18-9-10-20-47(37)53-48)30-46(49)52(44)36-16-5-2-6-17-36/h1-30H. The molecule has 9 aromatic carbocycles. The highest BCUT2D eigenvalue weighted by Gasteiger charge is 2.24. The largest absolute Gasteiger partial charge is 0.309 e. The van der Waals surface area contributed by atoms with Gasteiger partial charge in [0.05, 0.1) is 22.1 Å². The maximum Gasteiger partial charge on any atom is 0.0553 e. The van der Waals surface area contributed by atoms with Gasteiger partial charge in [0.15, 0.2) is 0 Å². The van der Waals surface area contributed by atoms with Crippen molar-refractivity contribution in [3.05, 3.63) is 182 Å². The Kier molecular flexibility index (Phi) is 6.02. The second kappa shape index (κ2) is 11.0. The zero-order valence-corrected chi connectivity index (χ0v) is 29.4. The van der Waals surface area contributed by atoms with Crippen LogP contribution >= 0.6 is 11.8 Å². The lowest BCUT2D eigenvalue weighted by atomic mass is 9.93. The highest BCUT2D eigenvalue weighted by molar-refractivity contribution is 7.99. The number of rotatable bonds is 3. The van der Waals surface area contributed by atoms with Crippen molar-refractivity contribution in [2.75, 3.05) is 0 Å². The van der Waals surface area contributed by atoms with Gasteiger partial charge in [-0.05, 0) is 117 Å². The third-order valence-electron chi connectivity index (χ3n) is 11.2. The van der Waals surface area contributed by atoms with Gasteiger partial charge in [0.2, 0.25) is 0 Å². The number of aromatic nitrogens is 2. The molecule has 53 heavy (non-hydrogen) atoms. The van der Waals surface area contributed by atoms with Gasteiger partial charge in [-0.25, -0.2) is 0 Å². The van der Waals surface area contributed by atoms with Crippen LogP contribution in [0.5, 0.6) is 0 Å². The van der Waals surface area contributed by atoms with Crippen LogP contribution in [0.4, 0.5) is 0 Å². The lowest BCUT2D eigenvalue weighted by molar-refractivity contribution is 1.18. The van der Waals surface area contributed by atoms with E-state index in [4.69, 9.17) is 0 Å². The number of hydrogen-bond donors (Lipinski definition) is 0. The van der Waals surface area contributed by atoms with Gasteiger partial charge in [-0.3, -0.25) is 0 Å². The summed E-state index contributed by atoms with van der Waals surface area (Å²) in [6.07, 6.45) is 0. The van der Waals surface area contributed by atoms with Gasteiger partial charge in [0.1, 0.15) is 0 Å². The zero-order chi connectivity index (χ0) is 34.6. The van der Waals surface area contributed by atoms with Crippen LogP contribution in [-0.4, -0.2) is 9.13 Å². The third-order valence-corrected chi connectivity index (χ3v) is 12.4. The fourth-order valence-electron chi connectivity index (χ4n) is 8.93. The Bertz CT molecular complexity index is 3300. The Morgan fingerprint density at radius 2 is 0.906 bits per heavy atom. The van der Waals surface area contributed by atoms with Gasteiger partial charge < -0.3 is 9.13 Å². The lowest BCUT2D eigenvalue weighted by Crippen LogP contribution is -1.96. The lowest BCUT2D eigenvalue weighted by Gasteiger charge is -2.21. The fourth-order valence-corrected chi connectivity index (χ4v) is 10.1. The first-order valence-corrected chi connectivity index (χ1v) is 19.0. The number of nitrogens with zero attached hydrogens (tertiary/aromatic N) is 2. The molecule has 1 aliphatic rings. The van der Waals surface area contributed by atoms with Gasteiger partial charge in [0.25, 0.3) is 0 Å². The summed E-state index contributed by atoms with van der Waals surface area (Å²) < 4.78 is 4.88. The van der Waals surface area contributed by atoms with Gasteiger partial charge >= 0.3 is 0 Å². The van der Waals surface area contributed by atoms with Crippen molar-refractivity contribution in [1.29, 1.82) is 0 Å². The highest BCUT2D eigenvalue weighted by atomic mass is 32.2. The summed E-state index contributed by atoms with van der Waals surface area (Å²) in [5.41, 5.74) is 12.3. The van der Waals surface area contributed by atoms with Gasteiger partial charge in [-0.1, -0.05) is 115 Å². The molecule has 2 nitrogen and oxygen atoms in total. The van der Waals surface area contributed by atoms with Crippen molar-refractivity contribution < 1.29 is 0 Å². The van der Waals surface area contributed by atoms with Gasteiger partial charge in [0, 0.05) is 48.1 Å². The molecule has 0 saturated carbocycles. The molecule has 0 radical (unpaired) electrons. The minimum absolute atomic E-state index is 1.17. The highest BCUT2D eigenvalue weighted by Crippen LogP contribution is 2.51. The average Bonchev–Trinajstić information content (AvgIpc) is 3.72. The quantitative estimate of drug-likeness (QED) is 0.179. The number of fused-ring (bicyclic) bond motifs is 10. The molecule has 0 saturated heterocycles. The van der Waals surface area contributed by atoms with Gasteiger partial charge in [-0.2, -0.15) is 0 Å². The molecule has 0 fully saturated rings. The molecule has 0 amide bonds. The molecule has 12 rings (SSSR count). The van der Waals surface area contributed by atoms with Crippen LogP contribution in [0, 0.1) is 0 Å². The SMILES string of the molecule is c1ccc(-n2c3ccc(-c4ccc5c(c4)c4c6cccc7c6c(cc4n5-c4ccccc4)-c4ccccc4S7)cc3c3cc4ccccc4cc32)cc1. The van der Waals surface area contributed by atoms with Crippen LogP contribution in [0.1, 0.15) is 0 Å². The van der Waals surface area contributed by atoms with Crippen LogP contribution in [0.2, 0.25) is 0 Å². The van der Waals surface area contributed by atoms with E-state index in [0.717, 1.165) is 0 Å². The van der Waals surface area contributed by atoms with E-state index in [1.807, 2.05) is 11.8 Å². The molecule has 3 heteroatoms.